The van der Waals surface area contributed by atoms with Crippen molar-refractivity contribution in [2.75, 3.05) is 25.6 Å². The molecule has 2 aromatic carbocycles. The molecule has 0 radical (unpaired) electrons. The van der Waals surface area contributed by atoms with Crippen molar-refractivity contribution in [3.8, 4) is 5.75 Å². The maximum atomic E-state index is 13.7. The molecule has 112 valence electrons. The Morgan fingerprint density at radius 3 is 2.43 bits per heavy atom. The van der Waals surface area contributed by atoms with Crippen LogP contribution >= 0.6 is 0 Å². The van der Waals surface area contributed by atoms with Crippen molar-refractivity contribution in [3.05, 3.63) is 59.7 Å². The van der Waals surface area contributed by atoms with E-state index in [1.807, 2.05) is 36.2 Å². The molecule has 2 rings (SSSR count). The highest BCUT2D eigenvalue weighted by molar-refractivity contribution is 5.48. The Morgan fingerprint density at radius 1 is 1.14 bits per heavy atom. The summed E-state index contributed by atoms with van der Waals surface area (Å²) in [7, 11) is 3.44. The molecular formula is C16H18F2N2O. The average Bonchev–Trinajstić information content (AvgIpc) is 2.50. The number of nitrogens with two attached hydrogens (primary N) is 1. The van der Waals surface area contributed by atoms with Crippen molar-refractivity contribution < 1.29 is 13.5 Å². The maximum absolute atomic E-state index is 13.7. The summed E-state index contributed by atoms with van der Waals surface area (Å²) in [6, 6.07) is 10.9. The number of ether oxygens (including phenoxy) is 1. The first-order valence-corrected chi connectivity index (χ1v) is 6.57. The van der Waals surface area contributed by atoms with E-state index in [1.165, 1.54) is 12.1 Å². The fraction of sp³-hybridized carbons (Fsp3) is 0.250. The number of hydrogen-bond donors (Lipinski definition) is 1. The third-order valence-corrected chi connectivity index (χ3v) is 3.36. The lowest BCUT2D eigenvalue weighted by atomic mass is 10.1. The summed E-state index contributed by atoms with van der Waals surface area (Å²) in [5.74, 6) is -1.00. The van der Waals surface area contributed by atoms with E-state index < -0.39 is 17.7 Å². The molecule has 0 saturated heterocycles. The summed E-state index contributed by atoms with van der Waals surface area (Å²) in [6.07, 6.45) is 0. The van der Waals surface area contributed by atoms with Crippen molar-refractivity contribution in [2.24, 2.45) is 5.73 Å². The summed E-state index contributed by atoms with van der Waals surface area (Å²) in [6.45, 7) is 0.368. The number of nitrogens with zero attached hydrogens (tertiary/aromatic N) is 1. The molecule has 1 atom stereocenters. The molecule has 0 saturated carbocycles. The average molecular weight is 292 g/mol. The molecule has 0 fully saturated rings. The van der Waals surface area contributed by atoms with Gasteiger partial charge in [0.2, 0.25) is 0 Å². The number of likely N-dealkylation sites (N-methyl/N-ethyl adjacent to an activating group) is 1. The van der Waals surface area contributed by atoms with Crippen molar-refractivity contribution in [1.29, 1.82) is 0 Å². The Morgan fingerprint density at radius 2 is 1.81 bits per heavy atom. The predicted molar refractivity (Wildman–Crippen MR) is 79.6 cm³/mol. The topological polar surface area (TPSA) is 38.5 Å². The van der Waals surface area contributed by atoms with Gasteiger partial charge in [-0.3, -0.25) is 0 Å². The van der Waals surface area contributed by atoms with E-state index in [0.29, 0.717) is 6.54 Å². The van der Waals surface area contributed by atoms with E-state index in [-0.39, 0.29) is 5.56 Å². The van der Waals surface area contributed by atoms with Crippen LogP contribution < -0.4 is 15.4 Å². The minimum absolute atomic E-state index is 0.176. The summed E-state index contributed by atoms with van der Waals surface area (Å²) in [4.78, 5) is 1.88. The zero-order valence-corrected chi connectivity index (χ0v) is 12.0. The van der Waals surface area contributed by atoms with E-state index >= 15 is 0 Å². The first-order chi connectivity index (χ1) is 10.0. The molecule has 0 heterocycles. The van der Waals surface area contributed by atoms with Gasteiger partial charge in [0.15, 0.2) is 11.6 Å². The fourth-order valence-corrected chi connectivity index (χ4v) is 2.14. The van der Waals surface area contributed by atoms with Crippen molar-refractivity contribution in [3.63, 3.8) is 0 Å². The largest absolute Gasteiger partial charge is 0.497 e. The van der Waals surface area contributed by atoms with E-state index in [0.717, 1.165) is 17.5 Å². The third kappa shape index (κ3) is 3.49. The van der Waals surface area contributed by atoms with Crippen LogP contribution in [0, 0.1) is 11.6 Å². The highest BCUT2D eigenvalue weighted by Crippen LogP contribution is 2.22. The molecule has 0 aromatic heterocycles. The zero-order chi connectivity index (χ0) is 15.4. The minimum Gasteiger partial charge on any atom is -0.497 e. The Labute approximate surface area is 122 Å². The third-order valence-electron chi connectivity index (χ3n) is 3.36. The number of anilines is 1. The first kappa shape index (κ1) is 15.3. The number of rotatable bonds is 5. The highest BCUT2D eigenvalue weighted by atomic mass is 19.2. The van der Waals surface area contributed by atoms with Crippen LogP contribution in [0.2, 0.25) is 0 Å². The van der Waals surface area contributed by atoms with Crippen LogP contribution in [0.1, 0.15) is 11.6 Å². The molecule has 0 amide bonds. The van der Waals surface area contributed by atoms with Gasteiger partial charge in [0.05, 0.1) is 13.2 Å². The van der Waals surface area contributed by atoms with E-state index in [1.54, 1.807) is 7.11 Å². The zero-order valence-electron chi connectivity index (χ0n) is 12.0. The SMILES string of the molecule is COc1ccc(N(C)CC(N)c2cccc(F)c2F)cc1. The standard InChI is InChI=1S/C16H18F2N2O/c1-20(11-6-8-12(21-2)9-7-11)10-15(19)13-4-3-5-14(17)16(13)18/h3-9,15H,10,19H2,1-2H3. The number of hydrogen-bond acceptors (Lipinski definition) is 3. The minimum atomic E-state index is -0.881. The second kappa shape index (κ2) is 6.54. The van der Waals surface area contributed by atoms with Crippen LogP contribution in [0.3, 0.4) is 0 Å². The van der Waals surface area contributed by atoms with Gasteiger partial charge >= 0.3 is 0 Å². The van der Waals surface area contributed by atoms with Gasteiger partial charge in [-0.1, -0.05) is 12.1 Å². The van der Waals surface area contributed by atoms with Crippen LogP contribution in [0.15, 0.2) is 42.5 Å². The van der Waals surface area contributed by atoms with Crippen LogP contribution in [-0.4, -0.2) is 20.7 Å². The molecule has 1 unspecified atom stereocenters. The Balaban J connectivity index is 2.10. The number of methoxy groups -OCH3 is 1. The van der Waals surface area contributed by atoms with Gasteiger partial charge in [0.25, 0.3) is 0 Å². The quantitative estimate of drug-likeness (QED) is 0.920. The molecule has 5 heteroatoms. The van der Waals surface area contributed by atoms with Crippen molar-refractivity contribution in [2.45, 2.75) is 6.04 Å². The van der Waals surface area contributed by atoms with Gasteiger partial charge in [-0.05, 0) is 30.3 Å². The normalized spacial score (nSPS) is 12.0. The molecule has 2 N–H and O–H groups in total. The summed E-state index contributed by atoms with van der Waals surface area (Å²) in [5, 5.41) is 0. The second-order valence-electron chi connectivity index (χ2n) is 4.83. The van der Waals surface area contributed by atoms with E-state index in [2.05, 4.69) is 0 Å². The Hall–Kier alpha value is -2.14. The monoisotopic (exact) mass is 292 g/mol. The molecule has 0 aliphatic heterocycles. The molecule has 21 heavy (non-hydrogen) atoms. The van der Waals surface area contributed by atoms with Crippen LogP contribution in [0.25, 0.3) is 0 Å². The molecule has 0 aliphatic rings. The molecule has 3 nitrogen and oxygen atoms in total. The molecule has 0 aliphatic carbocycles. The van der Waals surface area contributed by atoms with Gasteiger partial charge in [-0.2, -0.15) is 0 Å². The number of halogens is 2. The van der Waals surface area contributed by atoms with Gasteiger partial charge in [0, 0.05) is 24.8 Å². The number of benzene rings is 2. The summed E-state index contributed by atoms with van der Waals surface area (Å²) in [5.41, 5.74) is 7.08. The highest BCUT2D eigenvalue weighted by Gasteiger charge is 2.16. The maximum Gasteiger partial charge on any atom is 0.163 e. The van der Waals surface area contributed by atoms with Crippen molar-refractivity contribution in [1.82, 2.24) is 0 Å². The summed E-state index contributed by atoms with van der Waals surface area (Å²) >= 11 is 0. The van der Waals surface area contributed by atoms with Gasteiger partial charge in [0.1, 0.15) is 5.75 Å². The molecule has 0 bridgehead atoms. The Kier molecular flexibility index (Phi) is 4.75. The van der Waals surface area contributed by atoms with Gasteiger partial charge in [-0.25, -0.2) is 8.78 Å². The summed E-state index contributed by atoms with van der Waals surface area (Å²) < 4.78 is 32.0. The fourth-order valence-electron chi connectivity index (χ4n) is 2.14. The molecular weight excluding hydrogens is 274 g/mol. The molecule has 2 aromatic rings. The smallest absolute Gasteiger partial charge is 0.163 e. The lowest BCUT2D eigenvalue weighted by Crippen LogP contribution is -2.29. The van der Waals surface area contributed by atoms with Crippen LogP contribution in [0.5, 0.6) is 5.75 Å². The second-order valence-corrected chi connectivity index (χ2v) is 4.83. The Bertz CT molecular complexity index is 602. The van der Waals surface area contributed by atoms with Crippen LogP contribution in [-0.2, 0) is 0 Å². The van der Waals surface area contributed by atoms with E-state index in [9.17, 15) is 8.78 Å². The van der Waals surface area contributed by atoms with Gasteiger partial charge in [-0.15, -0.1) is 0 Å². The van der Waals surface area contributed by atoms with Gasteiger partial charge < -0.3 is 15.4 Å². The lowest BCUT2D eigenvalue weighted by molar-refractivity contribution is 0.415. The van der Waals surface area contributed by atoms with Crippen molar-refractivity contribution >= 4 is 5.69 Å². The molecule has 0 spiro atoms. The van der Waals surface area contributed by atoms with E-state index in [4.69, 9.17) is 10.5 Å². The predicted octanol–water partition coefficient (Wildman–Crippen LogP) is 3.11. The lowest BCUT2D eigenvalue weighted by Gasteiger charge is -2.24. The van der Waals surface area contributed by atoms with Crippen LogP contribution in [0.4, 0.5) is 14.5 Å². The first-order valence-electron chi connectivity index (χ1n) is 6.57.